The normalized spacial score (nSPS) is 16.1. The fourth-order valence-electron chi connectivity index (χ4n) is 3.59. The highest BCUT2D eigenvalue weighted by Gasteiger charge is 2.22. The number of hydrogen-bond acceptors (Lipinski definition) is 4. The molecule has 4 rings (SSSR count). The molecule has 1 aliphatic carbocycles. The standard InChI is InChI=1S/C26H24N2O4S2/c1-3-19-9-13-21(14-10-19)33(29,30)27-25-17-18-26(24-8-6-5-7-23(24)25)28-34(31,32)22-15-11-20(4-2)12-16-22/h5-18H,3-4H2,1-2H3. The highest BCUT2D eigenvalue weighted by atomic mass is 32.2. The van der Waals surface area contributed by atoms with E-state index in [2.05, 4.69) is 8.80 Å². The van der Waals surface area contributed by atoms with Gasteiger partial charge in [-0.25, -0.2) is 0 Å². The minimum absolute atomic E-state index is 0.0978. The minimum atomic E-state index is -3.95. The van der Waals surface area contributed by atoms with Crippen molar-refractivity contribution in [2.75, 3.05) is 0 Å². The van der Waals surface area contributed by atoms with Crippen LogP contribution in [0.15, 0.2) is 104 Å². The molecule has 0 amide bonds. The fourth-order valence-corrected chi connectivity index (χ4v) is 5.59. The van der Waals surface area contributed by atoms with Gasteiger partial charge in [0.15, 0.2) is 0 Å². The molecule has 0 aliphatic heterocycles. The molecule has 0 radical (unpaired) electrons. The average molecular weight is 493 g/mol. The SMILES string of the molecule is CCc1ccc(S(=O)(=O)N=C2C=CC(=NS(=O)(=O)c3ccc(CC)cc3)c3ccccc32)cc1. The van der Waals surface area contributed by atoms with Crippen LogP contribution >= 0.6 is 0 Å². The molecule has 0 fully saturated rings. The van der Waals surface area contributed by atoms with Crippen LogP contribution in [0.5, 0.6) is 0 Å². The lowest BCUT2D eigenvalue weighted by molar-refractivity contribution is 0.596. The Morgan fingerprint density at radius 3 is 1.24 bits per heavy atom. The summed E-state index contributed by atoms with van der Waals surface area (Å²) in [6, 6.07) is 20.1. The van der Waals surface area contributed by atoms with Crippen LogP contribution in [0.1, 0.15) is 36.1 Å². The van der Waals surface area contributed by atoms with Crippen LogP contribution in [-0.4, -0.2) is 28.3 Å². The lowest BCUT2D eigenvalue weighted by atomic mass is 9.94. The average Bonchev–Trinajstić information content (AvgIpc) is 2.85. The van der Waals surface area contributed by atoms with Gasteiger partial charge in [0.2, 0.25) is 0 Å². The van der Waals surface area contributed by atoms with Crippen LogP contribution in [0.2, 0.25) is 0 Å². The molecule has 34 heavy (non-hydrogen) atoms. The van der Waals surface area contributed by atoms with Gasteiger partial charge in [-0.15, -0.1) is 0 Å². The van der Waals surface area contributed by atoms with Gasteiger partial charge in [0.1, 0.15) is 0 Å². The van der Waals surface area contributed by atoms with Crippen molar-refractivity contribution in [1.29, 1.82) is 0 Å². The van der Waals surface area contributed by atoms with Gasteiger partial charge in [0, 0.05) is 11.1 Å². The van der Waals surface area contributed by atoms with E-state index in [0.29, 0.717) is 11.1 Å². The molecule has 0 N–H and O–H groups in total. The van der Waals surface area contributed by atoms with E-state index in [1.165, 1.54) is 12.2 Å². The molecule has 1 aliphatic rings. The monoisotopic (exact) mass is 492 g/mol. The number of aryl methyl sites for hydroxylation is 2. The van der Waals surface area contributed by atoms with Crippen molar-refractivity contribution in [2.45, 2.75) is 36.5 Å². The van der Waals surface area contributed by atoms with Crippen LogP contribution in [0.3, 0.4) is 0 Å². The molecule has 0 bridgehead atoms. The molecule has 0 saturated heterocycles. The first-order valence-corrected chi connectivity index (χ1v) is 13.8. The van der Waals surface area contributed by atoms with Gasteiger partial charge in [-0.1, -0.05) is 62.4 Å². The second kappa shape index (κ2) is 9.48. The smallest absolute Gasteiger partial charge is 0.199 e. The van der Waals surface area contributed by atoms with E-state index in [1.54, 1.807) is 72.8 Å². The number of hydrogen-bond donors (Lipinski definition) is 0. The van der Waals surface area contributed by atoms with Crippen molar-refractivity contribution >= 4 is 31.5 Å². The molecule has 6 nitrogen and oxygen atoms in total. The van der Waals surface area contributed by atoms with E-state index in [4.69, 9.17) is 0 Å². The van der Waals surface area contributed by atoms with Gasteiger partial charge in [-0.05, 0) is 60.4 Å². The van der Waals surface area contributed by atoms with Crippen LogP contribution in [-0.2, 0) is 32.9 Å². The number of fused-ring (bicyclic) bond motifs is 1. The molecule has 0 heterocycles. The third kappa shape index (κ3) is 4.93. The highest BCUT2D eigenvalue weighted by molar-refractivity contribution is 7.90. The number of benzene rings is 3. The zero-order valence-corrected chi connectivity index (χ0v) is 20.5. The summed E-state index contributed by atoms with van der Waals surface area (Å²) in [6.07, 6.45) is 4.57. The molecule has 0 atom stereocenters. The molecule has 8 heteroatoms. The maximum absolute atomic E-state index is 12.9. The van der Waals surface area contributed by atoms with E-state index in [9.17, 15) is 16.8 Å². The predicted octanol–water partition coefficient (Wildman–Crippen LogP) is 4.74. The van der Waals surface area contributed by atoms with E-state index in [0.717, 1.165) is 24.0 Å². The number of allylic oxidation sites excluding steroid dienone is 2. The fraction of sp³-hybridized carbons (Fsp3) is 0.154. The van der Waals surface area contributed by atoms with E-state index >= 15 is 0 Å². The third-order valence-corrected chi connectivity index (χ3v) is 8.18. The molecule has 3 aromatic carbocycles. The summed E-state index contributed by atoms with van der Waals surface area (Å²) in [5.74, 6) is 0. The molecule has 0 aromatic heterocycles. The van der Waals surface area contributed by atoms with Crippen LogP contribution in [0.25, 0.3) is 0 Å². The maximum Gasteiger partial charge on any atom is 0.282 e. The van der Waals surface area contributed by atoms with Gasteiger partial charge < -0.3 is 0 Å². The first kappa shape index (κ1) is 23.8. The summed E-state index contributed by atoms with van der Waals surface area (Å²) < 4.78 is 59.7. The van der Waals surface area contributed by atoms with Crippen molar-refractivity contribution in [3.63, 3.8) is 0 Å². The van der Waals surface area contributed by atoms with Crippen molar-refractivity contribution < 1.29 is 16.8 Å². The lowest BCUT2D eigenvalue weighted by Gasteiger charge is -2.15. The second-order valence-electron chi connectivity index (χ2n) is 7.78. The van der Waals surface area contributed by atoms with Crippen molar-refractivity contribution in [3.05, 3.63) is 107 Å². The second-order valence-corrected chi connectivity index (χ2v) is 11.0. The molecule has 0 spiro atoms. The van der Waals surface area contributed by atoms with Crippen molar-refractivity contribution in [3.8, 4) is 0 Å². The van der Waals surface area contributed by atoms with Crippen LogP contribution < -0.4 is 0 Å². The summed E-state index contributed by atoms with van der Waals surface area (Å²) >= 11 is 0. The molecule has 3 aromatic rings. The molecule has 0 unspecified atom stereocenters. The Hall–Kier alpha value is -3.36. The van der Waals surface area contributed by atoms with E-state index in [1.807, 2.05) is 13.8 Å². The number of sulfonamides is 2. The molecule has 174 valence electrons. The summed E-state index contributed by atoms with van der Waals surface area (Å²) in [7, 11) is -7.90. The Morgan fingerprint density at radius 1 is 0.559 bits per heavy atom. The summed E-state index contributed by atoms with van der Waals surface area (Å²) in [5.41, 5.74) is 3.49. The van der Waals surface area contributed by atoms with Crippen LogP contribution in [0.4, 0.5) is 0 Å². The molecular formula is C26H24N2O4S2. The van der Waals surface area contributed by atoms with Gasteiger partial charge >= 0.3 is 0 Å². The largest absolute Gasteiger partial charge is 0.282 e. The Labute approximate surface area is 200 Å². The van der Waals surface area contributed by atoms with Gasteiger partial charge in [-0.3, -0.25) is 0 Å². The minimum Gasteiger partial charge on any atom is -0.199 e. The predicted molar refractivity (Wildman–Crippen MR) is 135 cm³/mol. The van der Waals surface area contributed by atoms with Crippen molar-refractivity contribution in [2.24, 2.45) is 8.80 Å². The van der Waals surface area contributed by atoms with Crippen LogP contribution in [0, 0.1) is 0 Å². The van der Waals surface area contributed by atoms with Gasteiger partial charge in [-0.2, -0.15) is 25.6 Å². The molecule has 0 saturated carbocycles. The highest BCUT2D eigenvalue weighted by Crippen LogP contribution is 2.23. The number of rotatable bonds is 6. The lowest BCUT2D eigenvalue weighted by Crippen LogP contribution is -2.16. The van der Waals surface area contributed by atoms with E-state index in [-0.39, 0.29) is 21.2 Å². The topological polar surface area (TPSA) is 93.0 Å². The summed E-state index contributed by atoms with van der Waals surface area (Å²) in [5, 5.41) is 0. The zero-order chi connectivity index (χ0) is 24.3. The van der Waals surface area contributed by atoms with Gasteiger partial charge in [0.05, 0.1) is 21.2 Å². The molecular weight excluding hydrogens is 468 g/mol. The Balaban J connectivity index is 1.74. The Kier molecular flexibility index (Phi) is 6.63. The third-order valence-electron chi connectivity index (χ3n) is 5.57. The maximum atomic E-state index is 12.9. The first-order chi connectivity index (χ1) is 16.2. The van der Waals surface area contributed by atoms with Gasteiger partial charge in [0.25, 0.3) is 20.0 Å². The Morgan fingerprint density at radius 2 is 0.912 bits per heavy atom. The zero-order valence-electron chi connectivity index (χ0n) is 18.8. The Bertz CT molecular complexity index is 1400. The first-order valence-electron chi connectivity index (χ1n) is 10.9. The van der Waals surface area contributed by atoms with E-state index < -0.39 is 20.0 Å². The quantitative estimate of drug-likeness (QED) is 0.497. The summed E-state index contributed by atoms with van der Waals surface area (Å²) in [4.78, 5) is 0.196. The van der Waals surface area contributed by atoms with Crippen molar-refractivity contribution in [1.82, 2.24) is 0 Å². The number of nitrogens with zero attached hydrogens (tertiary/aromatic N) is 2. The summed E-state index contributed by atoms with van der Waals surface area (Å²) in [6.45, 7) is 3.99.